The first-order chi connectivity index (χ1) is 19.3. The van der Waals surface area contributed by atoms with Gasteiger partial charge in [-0.3, -0.25) is 14.4 Å². The minimum Gasteiger partial charge on any atom is -0.352 e. The van der Waals surface area contributed by atoms with Crippen LogP contribution in [-0.2, 0) is 17.9 Å². The fourth-order valence-corrected chi connectivity index (χ4v) is 4.39. The van der Waals surface area contributed by atoms with E-state index in [1.165, 1.54) is 36.4 Å². The Morgan fingerprint density at radius 1 is 0.854 bits per heavy atom. The summed E-state index contributed by atoms with van der Waals surface area (Å²) in [5.41, 5.74) is 1.40. The van der Waals surface area contributed by atoms with Crippen LogP contribution in [0.25, 0.3) is 10.9 Å². The third-order valence-corrected chi connectivity index (χ3v) is 6.68. The average molecular weight is 605 g/mol. The summed E-state index contributed by atoms with van der Waals surface area (Å²) < 4.78 is 41.2. The molecule has 0 radical (unpaired) electrons. The van der Waals surface area contributed by atoms with E-state index >= 15 is 0 Å². The van der Waals surface area contributed by atoms with E-state index < -0.39 is 24.5 Å². The molecule has 0 atom stereocenters. The summed E-state index contributed by atoms with van der Waals surface area (Å²) in [5.74, 6) is -1.64. The predicted molar refractivity (Wildman–Crippen MR) is 153 cm³/mol. The number of amides is 3. The molecule has 0 unspecified atom stereocenters. The SMILES string of the molecule is CC(C)C(=O)NCc1ccc(Cl)c(C(=O)Nc2ccc3c(c2)cc(C(=O)Nc2ccc(Cl)cc2)n3CC(F)(F)F)c1. The van der Waals surface area contributed by atoms with Gasteiger partial charge in [0.05, 0.1) is 10.6 Å². The van der Waals surface area contributed by atoms with Crippen LogP contribution >= 0.6 is 23.2 Å². The molecule has 0 aliphatic rings. The summed E-state index contributed by atoms with van der Waals surface area (Å²) in [4.78, 5) is 37.9. The van der Waals surface area contributed by atoms with Crippen molar-refractivity contribution in [2.75, 3.05) is 10.6 Å². The molecule has 7 nitrogen and oxygen atoms in total. The van der Waals surface area contributed by atoms with Gasteiger partial charge in [0.1, 0.15) is 12.2 Å². The molecule has 0 bridgehead atoms. The maximum Gasteiger partial charge on any atom is 0.406 e. The normalized spacial score (nSPS) is 11.5. The standard InChI is InChI=1S/C29H25Cl2F3N4O3/c1-16(2)26(39)35-14-17-3-9-23(31)22(11-17)27(40)37-21-8-10-24-18(12-21)13-25(38(24)15-29(32,33)34)28(41)36-20-6-4-19(30)5-7-20/h3-13,16H,14-15H2,1-2H3,(H,35,39)(H,36,41)(H,37,40). The first-order valence-corrected chi connectivity index (χ1v) is 13.2. The van der Waals surface area contributed by atoms with Crippen molar-refractivity contribution in [3.8, 4) is 0 Å². The fourth-order valence-electron chi connectivity index (χ4n) is 4.06. The maximum atomic E-state index is 13.4. The van der Waals surface area contributed by atoms with Gasteiger partial charge >= 0.3 is 6.18 Å². The van der Waals surface area contributed by atoms with Crippen molar-refractivity contribution in [2.45, 2.75) is 33.1 Å². The van der Waals surface area contributed by atoms with Crippen molar-refractivity contribution in [1.82, 2.24) is 9.88 Å². The number of aromatic nitrogens is 1. The molecule has 0 saturated heterocycles. The summed E-state index contributed by atoms with van der Waals surface area (Å²) in [5, 5.41) is 8.98. The van der Waals surface area contributed by atoms with Gasteiger partial charge in [-0.2, -0.15) is 13.2 Å². The summed E-state index contributed by atoms with van der Waals surface area (Å²) in [6.45, 7) is 2.34. The Bertz CT molecular complexity index is 1620. The lowest BCUT2D eigenvalue weighted by atomic mass is 10.1. The number of benzene rings is 3. The Kier molecular flexibility index (Phi) is 8.94. The third-order valence-electron chi connectivity index (χ3n) is 6.10. The van der Waals surface area contributed by atoms with E-state index in [1.807, 2.05) is 0 Å². The Balaban J connectivity index is 1.60. The fraction of sp³-hybridized carbons (Fsp3) is 0.207. The first-order valence-electron chi connectivity index (χ1n) is 12.4. The number of fused-ring (bicyclic) bond motifs is 1. The van der Waals surface area contributed by atoms with E-state index in [1.54, 1.807) is 44.2 Å². The van der Waals surface area contributed by atoms with Gasteiger partial charge < -0.3 is 20.5 Å². The van der Waals surface area contributed by atoms with Crippen LogP contribution in [0.4, 0.5) is 24.5 Å². The highest BCUT2D eigenvalue weighted by molar-refractivity contribution is 6.34. The molecule has 1 aromatic heterocycles. The highest BCUT2D eigenvalue weighted by Crippen LogP contribution is 2.29. The summed E-state index contributed by atoms with van der Waals surface area (Å²) >= 11 is 12.1. The van der Waals surface area contributed by atoms with Crippen LogP contribution in [-0.4, -0.2) is 28.5 Å². The molecule has 3 aromatic carbocycles. The van der Waals surface area contributed by atoms with E-state index in [0.29, 0.717) is 21.7 Å². The van der Waals surface area contributed by atoms with Gasteiger partial charge in [0.2, 0.25) is 5.91 Å². The highest BCUT2D eigenvalue weighted by atomic mass is 35.5. The van der Waals surface area contributed by atoms with Crippen molar-refractivity contribution in [2.24, 2.45) is 5.92 Å². The Hall–Kier alpha value is -4.02. The number of carbonyl (C=O) groups is 3. The van der Waals surface area contributed by atoms with Crippen molar-refractivity contribution < 1.29 is 27.6 Å². The molecular formula is C29H25Cl2F3N4O3. The molecule has 0 aliphatic carbocycles. The lowest BCUT2D eigenvalue weighted by molar-refractivity contribution is -0.140. The van der Waals surface area contributed by atoms with E-state index in [-0.39, 0.29) is 45.9 Å². The van der Waals surface area contributed by atoms with Crippen LogP contribution < -0.4 is 16.0 Å². The van der Waals surface area contributed by atoms with Gasteiger partial charge in [-0.25, -0.2) is 0 Å². The smallest absolute Gasteiger partial charge is 0.352 e. The molecule has 3 N–H and O–H groups in total. The predicted octanol–water partition coefficient (Wildman–Crippen LogP) is 7.29. The van der Waals surface area contributed by atoms with Gasteiger partial charge in [0.15, 0.2) is 0 Å². The second kappa shape index (κ2) is 12.2. The molecule has 3 amide bonds. The van der Waals surface area contributed by atoms with Crippen LogP contribution in [0, 0.1) is 5.92 Å². The molecule has 0 saturated carbocycles. The zero-order chi connectivity index (χ0) is 29.9. The van der Waals surface area contributed by atoms with Gasteiger partial charge in [-0.05, 0) is 66.2 Å². The quantitative estimate of drug-likeness (QED) is 0.197. The minimum absolute atomic E-state index is 0.141. The van der Waals surface area contributed by atoms with Crippen LogP contribution in [0.2, 0.25) is 10.0 Å². The first kappa shape index (κ1) is 30.0. The van der Waals surface area contributed by atoms with Crippen molar-refractivity contribution in [3.05, 3.63) is 93.6 Å². The lowest BCUT2D eigenvalue weighted by Crippen LogP contribution is -2.27. The van der Waals surface area contributed by atoms with Gasteiger partial charge in [0.25, 0.3) is 11.8 Å². The molecule has 4 rings (SSSR count). The third kappa shape index (κ3) is 7.59. The van der Waals surface area contributed by atoms with Gasteiger partial charge in [-0.15, -0.1) is 0 Å². The molecule has 0 fully saturated rings. The number of hydrogen-bond acceptors (Lipinski definition) is 3. The molecule has 214 valence electrons. The molecule has 4 aromatic rings. The number of nitrogens with one attached hydrogen (secondary N) is 3. The number of halogens is 5. The average Bonchev–Trinajstić information content (AvgIpc) is 3.25. The highest BCUT2D eigenvalue weighted by Gasteiger charge is 2.31. The largest absolute Gasteiger partial charge is 0.406 e. The second-order valence-corrected chi connectivity index (χ2v) is 10.4. The number of hydrogen-bond donors (Lipinski definition) is 3. The Morgan fingerprint density at radius 2 is 1.51 bits per heavy atom. The van der Waals surface area contributed by atoms with E-state index in [4.69, 9.17) is 23.2 Å². The van der Waals surface area contributed by atoms with Crippen LogP contribution in [0.1, 0.15) is 40.3 Å². The number of anilines is 2. The number of alkyl halides is 3. The topological polar surface area (TPSA) is 92.2 Å². The second-order valence-electron chi connectivity index (χ2n) is 9.61. The van der Waals surface area contributed by atoms with Crippen LogP contribution in [0.15, 0.2) is 66.7 Å². The zero-order valence-corrected chi connectivity index (χ0v) is 23.4. The van der Waals surface area contributed by atoms with Gasteiger partial charge in [0, 0.05) is 39.8 Å². The summed E-state index contributed by atoms with van der Waals surface area (Å²) in [6.07, 6.45) is -4.59. The van der Waals surface area contributed by atoms with E-state index in [0.717, 1.165) is 4.57 Å². The molecule has 0 aliphatic heterocycles. The summed E-state index contributed by atoms with van der Waals surface area (Å²) in [7, 11) is 0. The van der Waals surface area contributed by atoms with Crippen molar-refractivity contribution in [1.29, 1.82) is 0 Å². The maximum absolute atomic E-state index is 13.4. The van der Waals surface area contributed by atoms with Crippen molar-refractivity contribution in [3.63, 3.8) is 0 Å². The molecule has 41 heavy (non-hydrogen) atoms. The van der Waals surface area contributed by atoms with Crippen molar-refractivity contribution >= 4 is 63.2 Å². The van der Waals surface area contributed by atoms with Crippen LogP contribution in [0.3, 0.4) is 0 Å². The molecule has 1 heterocycles. The zero-order valence-electron chi connectivity index (χ0n) is 21.9. The monoisotopic (exact) mass is 604 g/mol. The molecule has 12 heteroatoms. The van der Waals surface area contributed by atoms with E-state index in [9.17, 15) is 27.6 Å². The Labute approximate surface area is 243 Å². The number of nitrogens with zero attached hydrogens (tertiary/aromatic N) is 1. The summed E-state index contributed by atoms with van der Waals surface area (Å²) in [6, 6.07) is 16.6. The minimum atomic E-state index is -4.59. The van der Waals surface area contributed by atoms with E-state index in [2.05, 4.69) is 16.0 Å². The number of rotatable bonds is 8. The lowest BCUT2D eigenvalue weighted by Gasteiger charge is -2.14. The van der Waals surface area contributed by atoms with Crippen LogP contribution in [0.5, 0.6) is 0 Å². The Morgan fingerprint density at radius 3 is 2.17 bits per heavy atom. The number of carbonyl (C=O) groups excluding carboxylic acids is 3. The molecule has 0 spiro atoms. The van der Waals surface area contributed by atoms with Gasteiger partial charge in [-0.1, -0.05) is 43.1 Å². The molecular weight excluding hydrogens is 580 g/mol.